The van der Waals surface area contributed by atoms with E-state index in [4.69, 9.17) is 5.73 Å². The van der Waals surface area contributed by atoms with Gasteiger partial charge in [0.1, 0.15) is 4.90 Å². The molecule has 0 spiro atoms. The third kappa shape index (κ3) is 3.02. The van der Waals surface area contributed by atoms with Gasteiger partial charge in [-0.05, 0) is 22.0 Å². The van der Waals surface area contributed by atoms with Crippen LogP contribution in [-0.4, -0.2) is 26.5 Å². The van der Waals surface area contributed by atoms with Crippen molar-refractivity contribution in [3.05, 3.63) is 22.9 Å². The molecule has 78 valence electrons. The van der Waals surface area contributed by atoms with Crippen molar-refractivity contribution in [1.82, 2.24) is 9.71 Å². The summed E-state index contributed by atoms with van der Waals surface area (Å²) in [6.45, 7) is 0.482. The van der Waals surface area contributed by atoms with Gasteiger partial charge in [-0.3, -0.25) is 4.98 Å². The fourth-order valence-corrected chi connectivity index (χ4v) is 2.37. The Hall–Kier alpha value is -0.500. The number of pyridine rings is 1. The molecule has 0 aliphatic heterocycles. The second-order valence-electron chi connectivity index (χ2n) is 2.53. The van der Waals surface area contributed by atoms with Crippen LogP contribution in [-0.2, 0) is 10.0 Å². The summed E-state index contributed by atoms with van der Waals surface area (Å²) in [5, 5.41) is 0. The number of rotatable bonds is 4. The van der Waals surface area contributed by atoms with E-state index in [-0.39, 0.29) is 18.0 Å². The second kappa shape index (κ2) is 4.83. The average molecular weight is 280 g/mol. The number of hydrogen-bond acceptors (Lipinski definition) is 4. The molecule has 0 saturated carbocycles. The van der Waals surface area contributed by atoms with Gasteiger partial charge in [0.2, 0.25) is 10.0 Å². The fraction of sp³-hybridized carbons (Fsp3) is 0.286. The minimum absolute atomic E-state index is 0.125. The van der Waals surface area contributed by atoms with Gasteiger partial charge in [-0.15, -0.1) is 0 Å². The summed E-state index contributed by atoms with van der Waals surface area (Å²) >= 11 is 3.14. The van der Waals surface area contributed by atoms with Crippen molar-refractivity contribution in [2.24, 2.45) is 5.73 Å². The number of halogens is 1. The number of nitrogens with one attached hydrogen (secondary N) is 1. The van der Waals surface area contributed by atoms with Gasteiger partial charge in [-0.25, -0.2) is 13.1 Å². The molecule has 0 bridgehead atoms. The maximum atomic E-state index is 11.5. The zero-order valence-electron chi connectivity index (χ0n) is 7.27. The number of nitrogens with zero attached hydrogens (tertiary/aromatic N) is 1. The summed E-state index contributed by atoms with van der Waals surface area (Å²) in [5.74, 6) is 0. The van der Waals surface area contributed by atoms with Crippen molar-refractivity contribution in [3.63, 3.8) is 0 Å². The van der Waals surface area contributed by atoms with Crippen LogP contribution < -0.4 is 10.5 Å². The van der Waals surface area contributed by atoms with Crippen LogP contribution >= 0.6 is 15.9 Å². The molecule has 14 heavy (non-hydrogen) atoms. The summed E-state index contributed by atoms with van der Waals surface area (Å²) in [4.78, 5) is 3.89. The van der Waals surface area contributed by atoms with Gasteiger partial charge in [-0.2, -0.15) is 0 Å². The predicted octanol–water partition coefficient (Wildman–Crippen LogP) is 0.0811. The number of aromatic nitrogens is 1. The van der Waals surface area contributed by atoms with Crippen LogP contribution in [0.3, 0.4) is 0 Å². The third-order valence-electron chi connectivity index (χ3n) is 1.43. The van der Waals surface area contributed by atoms with Gasteiger partial charge in [0, 0.05) is 30.0 Å². The molecule has 0 fully saturated rings. The Morgan fingerprint density at radius 3 is 2.79 bits per heavy atom. The van der Waals surface area contributed by atoms with Crippen molar-refractivity contribution in [2.75, 3.05) is 13.1 Å². The largest absolute Gasteiger partial charge is 0.329 e. The first kappa shape index (κ1) is 11.6. The zero-order chi connectivity index (χ0) is 10.6. The summed E-state index contributed by atoms with van der Waals surface area (Å²) in [6, 6.07) is 1.48. The standard InChI is InChI=1S/C7H10BrN3O2S/c8-6-3-7(5-10-4-6)14(12,13)11-2-1-9/h3-5,11H,1-2,9H2. The molecule has 0 atom stereocenters. The maximum absolute atomic E-state index is 11.5. The van der Waals surface area contributed by atoms with E-state index in [1.165, 1.54) is 18.5 Å². The van der Waals surface area contributed by atoms with E-state index in [1.54, 1.807) is 0 Å². The molecule has 0 aromatic carbocycles. The van der Waals surface area contributed by atoms with Crippen LogP contribution in [0.4, 0.5) is 0 Å². The Morgan fingerprint density at radius 1 is 1.50 bits per heavy atom. The highest BCUT2D eigenvalue weighted by Crippen LogP contribution is 2.13. The van der Waals surface area contributed by atoms with Crippen LogP contribution in [0.1, 0.15) is 0 Å². The van der Waals surface area contributed by atoms with Crippen LogP contribution in [0.5, 0.6) is 0 Å². The van der Waals surface area contributed by atoms with Gasteiger partial charge in [0.15, 0.2) is 0 Å². The SMILES string of the molecule is NCCNS(=O)(=O)c1cncc(Br)c1. The van der Waals surface area contributed by atoms with Crippen molar-refractivity contribution < 1.29 is 8.42 Å². The van der Waals surface area contributed by atoms with Gasteiger partial charge >= 0.3 is 0 Å². The molecule has 0 radical (unpaired) electrons. The van der Waals surface area contributed by atoms with Crippen molar-refractivity contribution >= 4 is 26.0 Å². The molecule has 0 aliphatic carbocycles. The van der Waals surface area contributed by atoms with Crippen LogP contribution in [0.15, 0.2) is 27.8 Å². The topological polar surface area (TPSA) is 85.1 Å². The molecule has 0 amide bonds. The minimum atomic E-state index is -3.47. The lowest BCUT2D eigenvalue weighted by molar-refractivity contribution is 0.581. The highest BCUT2D eigenvalue weighted by atomic mass is 79.9. The molecule has 0 aliphatic rings. The maximum Gasteiger partial charge on any atom is 0.242 e. The number of nitrogens with two attached hydrogens (primary N) is 1. The molecule has 0 unspecified atom stereocenters. The molecule has 1 aromatic rings. The molecule has 1 aromatic heterocycles. The lowest BCUT2D eigenvalue weighted by atomic mass is 10.5. The first-order chi connectivity index (χ1) is 6.56. The van der Waals surface area contributed by atoms with Crippen LogP contribution in [0, 0.1) is 0 Å². The van der Waals surface area contributed by atoms with E-state index in [2.05, 4.69) is 25.6 Å². The van der Waals surface area contributed by atoms with E-state index >= 15 is 0 Å². The Kier molecular flexibility index (Phi) is 3.99. The van der Waals surface area contributed by atoms with E-state index in [0.717, 1.165) is 0 Å². The molecule has 1 heterocycles. The Morgan fingerprint density at radius 2 is 2.21 bits per heavy atom. The van der Waals surface area contributed by atoms with E-state index in [9.17, 15) is 8.42 Å². The molecule has 3 N–H and O–H groups in total. The molecule has 0 saturated heterocycles. The molecule has 7 heteroatoms. The molecular formula is C7H10BrN3O2S. The second-order valence-corrected chi connectivity index (χ2v) is 5.21. The zero-order valence-corrected chi connectivity index (χ0v) is 9.68. The quantitative estimate of drug-likeness (QED) is 0.818. The summed E-state index contributed by atoms with van der Waals surface area (Å²) in [6.07, 6.45) is 2.80. The monoisotopic (exact) mass is 279 g/mol. The molecular weight excluding hydrogens is 270 g/mol. The van der Waals surface area contributed by atoms with Crippen molar-refractivity contribution in [2.45, 2.75) is 4.90 Å². The predicted molar refractivity (Wildman–Crippen MR) is 56.2 cm³/mol. The van der Waals surface area contributed by atoms with Crippen molar-refractivity contribution in [1.29, 1.82) is 0 Å². The first-order valence-corrected chi connectivity index (χ1v) is 6.14. The first-order valence-electron chi connectivity index (χ1n) is 3.86. The normalized spacial score (nSPS) is 11.6. The average Bonchev–Trinajstić information content (AvgIpc) is 2.15. The Bertz CT molecular complexity index is 407. The van der Waals surface area contributed by atoms with Gasteiger partial charge in [0.05, 0.1) is 0 Å². The Labute approximate surface area is 90.9 Å². The lowest BCUT2D eigenvalue weighted by Gasteiger charge is -2.04. The smallest absolute Gasteiger partial charge is 0.242 e. The van der Waals surface area contributed by atoms with E-state index in [0.29, 0.717) is 4.47 Å². The molecule has 1 rings (SSSR count). The van der Waals surface area contributed by atoms with Gasteiger partial charge < -0.3 is 5.73 Å². The fourth-order valence-electron chi connectivity index (χ4n) is 0.816. The number of sulfonamides is 1. The minimum Gasteiger partial charge on any atom is -0.329 e. The van der Waals surface area contributed by atoms with Crippen LogP contribution in [0.25, 0.3) is 0 Å². The highest BCUT2D eigenvalue weighted by Gasteiger charge is 2.13. The molecule has 5 nitrogen and oxygen atoms in total. The van der Waals surface area contributed by atoms with Gasteiger partial charge in [0.25, 0.3) is 0 Å². The summed E-state index contributed by atoms with van der Waals surface area (Å²) < 4.78 is 26.0. The van der Waals surface area contributed by atoms with E-state index in [1.807, 2.05) is 0 Å². The van der Waals surface area contributed by atoms with Gasteiger partial charge in [-0.1, -0.05) is 0 Å². The van der Waals surface area contributed by atoms with Crippen LogP contribution in [0.2, 0.25) is 0 Å². The van der Waals surface area contributed by atoms with Crippen molar-refractivity contribution in [3.8, 4) is 0 Å². The highest BCUT2D eigenvalue weighted by molar-refractivity contribution is 9.10. The third-order valence-corrected chi connectivity index (χ3v) is 3.29. The van der Waals surface area contributed by atoms with E-state index < -0.39 is 10.0 Å². The number of hydrogen-bond donors (Lipinski definition) is 2. The lowest BCUT2D eigenvalue weighted by Crippen LogP contribution is -2.29. The summed E-state index contributed by atoms with van der Waals surface area (Å²) in [5.41, 5.74) is 5.19. The summed E-state index contributed by atoms with van der Waals surface area (Å²) in [7, 11) is -3.47. The Balaban J connectivity index is 2.93.